The molecule has 1 heterocycles. The molecule has 0 spiro atoms. The van der Waals surface area contributed by atoms with E-state index in [1.54, 1.807) is 13.1 Å². The van der Waals surface area contributed by atoms with E-state index in [4.69, 9.17) is 32.7 Å². The van der Waals surface area contributed by atoms with Gasteiger partial charge in [0.05, 0.1) is 12.2 Å². The van der Waals surface area contributed by atoms with Gasteiger partial charge in [0, 0.05) is 28.0 Å². The molecule has 6 heteroatoms. The van der Waals surface area contributed by atoms with Crippen LogP contribution in [0.4, 0.5) is 0 Å². The van der Waals surface area contributed by atoms with Crippen molar-refractivity contribution in [3.8, 4) is 5.75 Å². The monoisotopic (exact) mass is 467 g/mol. The first kappa shape index (κ1) is 22.4. The largest absolute Gasteiger partial charge is 0.488 e. The smallest absolute Gasteiger partial charge is 0.339 e. The molecule has 1 aromatic heterocycles. The Morgan fingerprint density at radius 1 is 0.969 bits per heavy atom. The second kappa shape index (κ2) is 10.2. The van der Waals surface area contributed by atoms with Gasteiger partial charge in [-0.3, -0.25) is 4.98 Å². The molecule has 0 N–H and O–H groups in total. The molecule has 0 bridgehead atoms. The molecule has 1 aliphatic carbocycles. The van der Waals surface area contributed by atoms with Crippen LogP contribution in [0.15, 0.2) is 60.9 Å². The fraction of sp³-hybridized carbons (Fsp3) is 0.231. The molecule has 32 heavy (non-hydrogen) atoms. The van der Waals surface area contributed by atoms with Crippen molar-refractivity contribution in [3.63, 3.8) is 0 Å². The molecule has 164 valence electrons. The molecule has 0 radical (unpaired) electrons. The molecule has 0 atom stereocenters. The van der Waals surface area contributed by atoms with Crippen molar-refractivity contribution in [2.45, 2.75) is 32.8 Å². The zero-order chi connectivity index (χ0) is 22.5. The van der Waals surface area contributed by atoms with Gasteiger partial charge in [-0.25, -0.2) is 4.79 Å². The minimum atomic E-state index is -0.364. The van der Waals surface area contributed by atoms with Gasteiger partial charge < -0.3 is 9.47 Å². The Hall–Kier alpha value is -2.82. The number of hydrogen-bond acceptors (Lipinski definition) is 4. The average Bonchev–Trinajstić information content (AvgIpc) is 3.29. The SMILES string of the molecule is CCOC(=O)c1cncc(C2=C(c3cc(Cl)ccc3OCc3ccc(Cl)cc3)CCC2)c1. The quantitative estimate of drug-likeness (QED) is 0.343. The lowest BCUT2D eigenvalue weighted by Gasteiger charge is -2.15. The highest BCUT2D eigenvalue weighted by molar-refractivity contribution is 6.31. The number of nitrogens with zero attached hydrogens (tertiary/aromatic N) is 1. The Bertz CT molecular complexity index is 1160. The van der Waals surface area contributed by atoms with Crippen LogP contribution in [0.5, 0.6) is 5.75 Å². The van der Waals surface area contributed by atoms with Crippen LogP contribution in [0.1, 0.15) is 53.2 Å². The van der Waals surface area contributed by atoms with E-state index >= 15 is 0 Å². The summed E-state index contributed by atoms with van der Waals surface area (Å²) in [6.07, 6.45) is 6.14. The summed E-state index contributed by atoms with van der Waals surface area (Å²) in [5.41, 5.74) is 5.70. The highest BCUT2D eigenvalue weighted by Gasteiger charge is 2.22. The third-order valence-corrected chi connectivity index (χ3v) is 5.88. The Kier molecular flexibility index (Phi) is 7.13. The standard InChI is InChI=1S/C26H23Cl2NO3/c1-2-31-26(30)19-12-18(14-29-15-19)22-4-3-5-23(22)24-13-21(28)10-11-25(24)32-16-17-6-8-20(27)9-7-17/h6-15H,2-5,16H2,1H3. The van der Waals surface area contributed by atoms with E-state index in [1.807, 2.05) is 48.5 Å². The fourth-order valence-electron chi connectivity index (χ4n) is 3.90. The maximum absolute atomic E-state index is 12.2. The number of hydrogen-bond donors (Lipinski definition) is 0. The maximum atomic E-state index is 12.2. The molecule has 3 aromatic rings. The number of carbonyl (C=O) groups excluding carboxylic acids is 1. The van der Waals surface area contributed by atoms with Crippen molar-refractivity contribution in [1.29, 1.82) is 0 Å². The van der Waals surface area contributed by atoms with E-state index in [2.05, 4.69) is 4.98 Å². The second-order valence-corrected chi connectivity index (χ2v) is 8.42. The predicted octanol–water partition coefficient (Wildman–Crippen LogP) is 7.24. The fourth-order valence-corrected chi connectivity index (χ4v) is 4.19. The van der Waals surface area contributed by atoms with Crippen LogP contribution in [-0.2, 0) is 11.3 Å². The van der Waals surface area contributed by atoms with Crippen molar-refractivity contribution >= 4 is 40.3 Å². The molecule has 2 aromatic carbocycles. The lowest BCUT2D eigenvalue weighted by atomic mass is 9.96. The van der Waals surface area contributed by atoms with Crippen molar-refractivity contribution in [2.24, 2.45) is 0 Å². The number of benzene rings is 2. The minimum absolute atomic E-state index is 0.327. The van der Waals surface area contributed by atoms with Crippen LogP contribution in [-0.4, -0.2) is 17.6 Å². The number of aromatic nitrogens is 1. The van der Waals surface area contributed by atoms with E-state index in [1.165, 1.54) is 11.8 Å². The lowest BCUT2D eigenvalue weighted by Crippen LogP contribution is -2.05. The average molecular weight is 468 g/mol. The van der Waals surface area contributed by atoms with Gasteiger partial charge in [0.2, 0.25) is 0 Å². The zero-order valence-corrected chi connectivity index (χ0v) is 19.2. The summed E-state index contributed by atoms with van der Waals surface area (Å²) in [6, 6.07) is 15.1. The van der Waals surface area contributed by atoms with Gasteiger partial charge in [-0.2, -0.15) is 0 Å². The summed E-state index contributed by atoms with van der Waals surface area (Å²) < 4.78 is 11.3. The van der Waals surface area contributed by atoms with Gasteiger partial charge >= 0.3 is 5.97 Å². The Morgan fingerprint density at radius 3 is 2.50 bits per heavy atom. The van der Waals surface area contributed by atoms with E-state index in [0.717, 1.165) is 47.3 Å². The normalized spacial score (nSPS) is 13.3. The third-order valence-electron chi connectivity index (χ3n) is 5.39. The number of rotatable bonds is 7. The Labute approximate surface area is 197 Å². The van der Waals surface area contributed by atoms with E-state index in [0.29, 0.717) is 28.8 Å². The summed E-state index contributed by atoms with van der Waals surface area (Å²) in [4.78, 5) is 16.5. The van der Waals surface area contributed by atoms with Crippen LogP contribution in [0.3, 0.4) is 0 Å². The van der Waals surface area contributed by atoms with Gasteiger partial charge in [-0.1, -0.05) is 35.3 Å². The van der Waals surface area contributed by atoms with Gasteiger partial charge in [-0.15, -0.1) is 0 Å². The molecule has 4 rings (SSSR count). The molecule has 0 saturated carbocycles. The van der Waals surface area contributed by atoms with Gasteiger partial charge in [0.15, 0.2) is 0 Å². The van der Waals surface area contributed by atoms with Crippen molar-refractivity contribution < 1.29 is 14.3 Å². The van der Waals surface area contributed by atoms with Crippen molar-refractivity contribution in [2.75, 3.05) is 6.61 Å². The first-order valence-corrected chi connectivity index (χ1v) is 11.3. The van der Waals surface area contributed by atoms with Crippen LogP contribution < -0.4 is 4.74 Å². The molecule has 4 nitrogen and oxygen atoms in total. The molecule has 0 unspecified atom stereocenters. The topological polar surface area (TPSA) is 48.4 Å². The molecule has 0 amide bonds. The summed E-state index contributed by atoms with van der Waals surface area (Å²) >= 11 is 12.3. The Morgan fingerprint density at radius 2 is 1.72 bits per heavy atom. The minimum Gasteiger partial charge on any atom is -0.488 e. The predicted molar refractivity (Wildman–Crippen MR) is 128 cm³/mol. The number of pyridine rings is 1. The molecule has 1 aliphatic rings. The summed E-state index contributed by atoms with van der Waals surface area (Å²) in [7, 11) is 0. The van der Waals surface area contributed by atoms with Crippen LogP contribution >= 0.6 is 23.2 Å². The number of ether oxygens (including phenoxy) is 2. The lowest BCUT2D eigenvalue weighted by molar-refractivity contribution is 0.0526. The van der Waals surface area contributed by atoms with Crippen LogP contribution in [0.2, 0.25) is 10.0 Å². The van der Waals surface area contributed by atoms with Crippen molar-refractivity contribution in [3.05, 3.63) is 93.2 Å². The third kappa shape index (κ3) is 5.14. The molecule has 0 saturated heterocycles. The molecular weight excluding hydrogens is 445 g/mol. The summed E-state index contributed by atoms with van der Waals surface area (Å²) in [5, 5.41) is 1.34. The molecule has 0 aliphatic heterocycles. The van der Waals surface area contributed by atoms with Gasteiger partial charge in [0.1, 0.15) is 12.4 Å². The maximum Gasteiger partial charge on any atom is 0.339 e. The number of esters is 1. The molecular formula is C26H23Cl2NO3. The van der Waals surface area contributed by atoms with Gasteiger partial charge in [0.25, 0.3) is 0 Å². The summed E-state index contributed by atoms with van der Waals surface area (Å²) in [5.74, 6) is 0.407. The molecule has 0 fully saturated rings. The highest BCUT2D eigenvalue weighted by atomic mass is 35.5. The van der Waals surface area contributed by atoms with Crippen molar-refractivity contribution in [1.82, 2.24) is 4.98 Å². The Balaban J connectivity index is 1.68. The van der Waals surface area contributed by atoms with E-state index in [-0.39, 0.29) is 5.97 Å². The van der Waals surface area contributed by atoms with Crippen LogP contribution in [0, 0.1) is 0 Å². The highest BCUT2D eigenvalue weighted by Crippen LogP contribution is 2.43. The number of halogens is 2. The second-order valence-electron chi connectivity index (χ2n) is 7.55. The van der Waals surface area contributed by atoms with E-state index < -0.39 is 0 Å². The first-order valence-electron chi connectivity index (χ1n) is 10.6. The van der Waals surface area contributed by atoms with E-state index in [9.17, 15) is 4.79 Å². The zero-order valence-electron chi connectivity index (χ0n) is 17.7. The van der Waals surface area contributed by atoms with Crippen LogP contribution in [0.25, 0.3) is 11.1 Å². The first-order chi connectivity index (χ1) is 15.5. The summed E-state index contributed by atoms with van der Waals surface area (Å²) in [6.45, 7) is 2.54. The number of allylic oxidation sites excluding steroid dienone is 2. The van der Waals surface area contributed by atoms with Gasteiger partial charge in [-0.05, 0) is 84.9 Å². The number of carbonyl (C=O) groups is 1.